The molecule has 1 aromatic carbocycles. The van der Waals surface area contributed by atoms with E-state index < -0.39 is 6.10 Å². The summed E-state index contributed by atoms with van der Waals surface area (Å²) in [6, 6.07) is 8.22. The Labute approximate surface area is 120 Å². The van der Waals surface area contributed by atoms with Crippen molar-refractivity contribution in [1.29, 1.82) is 0 Å². The summed E-state index contributed by atoms with van der Waals surface area (Å²) in [5.41, 5.74) is 2.33. The first-order valence-electron chi connectivity index (χ1n) is 7.80. The molecule has 3 rings (SSSR count). The largest absolute Gasteiger partial charge is 0.386 e. The van der Waals surface area contributed by atoms with Gasteiger partial charge in [-0.3, -0.25) is 0 Å². The van der Waals surface area contributed by atoms with Crippen LogP contribution in [0.4, 0.5) is 0 Å². The number of ether oxygens (including phenoxy) is 2. The first-order chi connectivity index (χ1) is 9.84. The zero-order valence-electron chi connectivity index (χ0n) is 12.0. The molecule has 0 radical (unpaired) electrons. The Morgan fingerprint density at radius 3 is 2.80 bits per heavy atom. The summed E-state index contributed by atoms with van der Waals surface area (Å²) >= 11 is 0. The first kappa shape index (κ1) is 14.1. The summed E-state index contributed by atoms with van der Waals surface area (Å²) < 4.78 is 11.4. The van der Waals surface area contributed by atoms with Crippen LogP contribution in [0.2, 0.25) is 0 Å². The van der Waals surface area contributed by atoms with Crippen molar-refractivity contribution in [1.82, 2.24) is 0 Å². The van der Waals surface area contributed by atoms with Crippen molar-refractivity contribution in [2.75, 3.05) is 19.8 Å². The molecule has 0 amide bonds. The topological polar surface area (TPSA) is 38.7 Å². The van der Waals surface area contributed by atoms with Gasteiger partial charge in [-0.05, 0) is 49.1 Å². The molecule has 0 aromatic heterocycles. The van der Waals surface area contributed by atoms with Gasteiger partial charge in [-0.2, -0.15) is 0 Å². The van der Waals surface area contributed by atoms with Crippen molar-refractivity contribution in [3.05, 3.63) is 35.4 Å². The minimum absolute atomic E-state index is 0.0542. The quantitative estimate of drug-likeness (QED) is 0.863. The van der Waals surface area contributed by atoms with Crippen molar-refractivity contribution in [2.24, 2.45) is 5.92 Å². The van der Waals surface area contributed by atoms with E-state index in [1.165, 1.54) is 5.56 Å². The average Bonchev–Trinajstić information content (AvgIpc) is 2.66. The second-order valence-corrected chi connectivity index (χ2v) is 5.96. The van der Waals surface area contributed by atoms with E-state index in [0.717, 1.165) is 57.5 Å². The van der Waals surface area contributed by atoms with Gasteiger partial charge in [0.15, 0.2) is 0 Å². The van der Waals surface area contributed by atoms with Gasteiger partial charge >= 0.3 is 0 Å². The highest BCUT2D eigenvalue weighted by atomic mass is 16.5. The lowest BCUT2D eigenvalue weighted by Gasteiger charge is -2.27. The summed E-state index contributed by atoms with van der Waals surface area (Å²) in [6.07, 6.45) is 4.71. The number of aliphatic hydroxyl groups is 1. The molecule has 1 aliphatic carbocycles. The summed E-state index contributed by atoms with van der Waals surface area (Å²) in [6.45, 7) is 2.46. The van der Waals surface area contributed by atoms with E-state index in [-0.39, 0.29) is 6.10 Å². The van der Waals surface area contributed by atoms with Crippen LogP contribution in [0, 0.1) is 5.92 Å². The predicted octanol–water partition coefficient (Wildman–Crippen LogP) is 2.87. The molecule has 0 saturated carbocycles. The number of aliphatic hydroxyl groups excluding tert-OH is 1. The summed E-state index contributed by atoms with van der Waals surface area (Å²) in [5, 5.41) is 10.6. The van der Waals surface area contributed by atoms with Crippen LogP contribution >= 0.6 is 0 Å². The minimum Gasteiger partial charge on any atom is -0.386 e. The third kappa shape index (κ3) is 3.22. The third-order valence-corrected chi connectivity index (χ3v) is 4.55. The van der Waals surface area contributed by atoms with Crippen LogP contribution in [-0.4, -0.2) is 31.0 Å². The van der Waals surface area contributed by atoms with Gasteiger partial charge < -0.3 is 14.6 Å². The van der Waals surface area contributed by atoms with Gasteiger partial charge in [-0.25, -0.2) is 0 Å². The lowest BCUT2D eigenvalue weighted by molar-refractivity contribution is -0.0666. The molecular weight excluding hydrogens is 252 g/mol. The van der Waals surface area contributed by atoms with Crippen LogP contribution < -0.4 is 0 Å². The Kier molecular flexibility index (Phi) is 4.71. The smallest absolute Gasteiger partial charge is 0.105 e. The Hall–Kier alpha value is -0.900. The van der Waals surface area contributed by atoms with Crippen LogP contribution in [0.3, 0.4) is 0 Å². The Bertz CT molecular complexity index is 426. The predicted molar refractivity (Wildman–Crippen MR) is 77.6 cm³/mol. The number of rotatable bonds is 3. The molecule has 3 nitrogen and oxygen atoms in total. The fraction of sp³-hybridized carbons (Fsp3) is 0.647. The van der Waals surface area contributed by atoms with E-state index in [0.29, 0.717) is 5.92 Å². The summed E-state index contributed by atoms with van der Waals surface area (Å²) in [4.78, 5) is 0. The molecule has 1 N–H and O–H groups in total. The number of aryl methyl sites for hydroxylation is 1. The van der Waals surface area contributed by atoms with Gasteiger partial charge in [-0.1, -0.05) is 24.3 Å². The highest BCUT2D eigenvalue weighted by Crippen LogP contribution is 2.31. The number of fused-ring (bicyclic) bond motifs is 1. The van der Waals surface area contributed by atoms with Crippen LogP contribution in [0.25, 0.3) is 0 Å². The monoisotopic (exact) mass is 276 g/mol. The highest BCUT2D eigenvalue weighted by molar-refractivity contribution is 5.30. The first-order valence-corrected chi connectivity index (χ1v) is 7.80. The lowest BCUT2D eigenvalue weighted by Crippen LogP contribution is -2.27. The van der Waals surface area contributed by atoms with Crippen molar-refractivity contribution >= 4 is 0 Å². The van der Waals surface area contributed by atoms with Crippen molar-refractivity contribution in [2.45, 2.75) is 44.3 Å². The van der Waals surface area contributed by atoms with Gasteiger partial charge in [0.05, 0.1) is 12.7 Å². The van der Waals surface area contributed by atoms with Crippen LogP contribution in [0.15, 0.2) is 24.3 Å². The Morgan fingerprint density at radius 1 is 1.15 bits per heavy atom. The lowest BCUT2D eigenvalue weighted by atomic mass is 9.99. The molecule has 2 aliphatic rings. The van der Waals surface area contributed by atoms with E-state index in [1.807, 2.05) is 12.1 Å². The van der Waals surface area contributed by atoms with Gasteiger partial charge in [0, 0.05) is 13.2 Å². The SMILES string of the molecule is OC1c2ccccc2CCCC1OCC1CCOCC1. The van der Waals surface area contributed by atoms with E-state index in [2.05, 4.69) is 12.1 Å². The molecule has 1 fully saturated rings. The number of hydrogen-bond donors (Lipinski definition) is 1. The molecule has 0 bridgehead atoms. The molecule has 2 atom stereocenters. The molecule has 1 aromatic rings. The number of hydrogen-bond acceptors (Lipinski definition) is 3. The molecule has 0 spiro atoms. The third-order valence-electron chi connectivity index (χ3n) is 4.55. The Balaban J connectivity index is 1.62. The molecule has 1 aliphatic heterocycles. The maximum Gasteiger partial charge on any atom is 0.105 e. The van der Waals surface area contributed by atoms with Crippen LogP contribution in [0.1, 0.15) is 42.9 Å². The zero-order chi connectivity index (χ0) is 13.8. The van der Waals surface area contributed by atoms with Crippen molar-refractivity contribution in [3.63, 3.8) is 0 Å². The fourth-order valence-electron chi connectivity index (χ4n) is 3.25. The maximum absolute atomic E-state index is 10.6. The maximum atomic E-state index is 10.6. The van der Waals surface area contributed by atoms with E-state index in [1.54, 1.807) is 0 Å². The van der Waals surface area contributed by atoms with Gasteiger partial charge in [0.25, 0.3) is 0 Å². The van der Waals surface area contributed by atoms with Crippen LogP contribution in [0.5, 0.6) is 0 Å². The minimum atomic E-state index is -0.478. The molecular formula is C17H24O3. The average molecular weight is 276 g/mol. The van der Waals surface area contributed by atoms with Crippen molar-refractivity contribution < 1.29 is 14.6 Å². The Morgan fingerprint density at radius 2 is 1.95 bits per heavy atom. The summed E-state index contributed by atoms with van der Waals surface area (Å²) in [5.74, 6) is 0.592. The molecule has 20 heavy (non-hydrogen) atoms. The molecule has 3 heteroatoms. The van der Waals surface area contributed by atoms with E-state index in [4.69, 9.17) is 9.47 Å². The normalized spacial score (nSPS) is 27.9. The summed E-state index contributed by atoms with van der Waals surface area (Å²) in [7, 11) is 0. The second-order valence-electron chi connectivity index (χ2n) is 5.96. The fourth-order valence-corrected chi connectivity index (χ4v) is 3.25. The zero-order valence-corrected chi connectivity index (χ0v) is 12.0. The van der Waals surface area contributed by atoms with E-state index >= 15 is 0 Å². The standard InChI is InChI=1S/C17H24O3/c18-17-15-6-2-1-4-14(15)5-3-7-16(17)20-12-13-8-10-19-11-9-13/h1-2,4,6,13,16-18H,3,5,7-12H2. The molecule has 2 unspecified atom stereocenters. The van der Waals surface area contributed by atoms with Gasteiger partial charge in [0.1, 0.15) is 6.10 Å². The van der Waals surface area contributed by atoms with Gasteiger partial charge in [0.2, 0.25) is 0 Å². The molecule has 1 heterocycles. The molecule has 110 valence electrons. The van der Waals surface area contributed by atoms with Crippen LogP contribution in [-0.2, 0) is 15.9 Å². The van der Waals surface area contributed by atoms with Crippen molar-refractivity contribution in [3.8, 4) is 0 Å². The molecule has 1 saturated heterocycles. The van der Waals surface area contributed by atoms with E-state index in [9.17, 15) is 5.11 Å². The second kappa shape index (κ2) is 6.70. The highest BCUT2D eigenvalue weighted by Gasteiger charge is 2.27. The van der Waals surface area contributed by atoms with Gasteiger partial charge in [-0.15, -0.1) is 0 Å². The number of benzene rings is 1.